The number of rotatable bonds is 6. The number of anilines is 1. The number of aromatic nitrogens is 2. The molecule has 2 aromatic rings. The fourth-order valence-electron chi connectivity index (χ4n) is 3.55. The number of alkyl halides is 1. The van der Waals surface area contributed by atoms with Crippen molar-refractivity contribution in [2.45, 2.75) is 63.6 Å². The maximum absolute atomic E-state index is 14.9. The first-order chi connectivity index (χ1) is 14.9. The number of nitrogens with one attached hydrogen (secondary N) is 1. The molecular weight excluding hydrogens is 429 g/mol. The van der Waals surface area contributed by atoms with E-state index in [2.05, 4.69) is 44.2 Å². The second-order valence-corrected chi connectivity index (χ2v) is 14.7. The van der Waals surface area contributed by atoms with Gasteiger partial charge in [-0.05, 0) is 42.8 Å². The maximum Gasteiger partial charge on any atom is 0.349 e. The lowest BCUT2D eigenvalue weighted by atomic mass is 10.1. The minimum absolute atomic E-state index is 0.00590. The fraction of sp³-hybridized carbons (Fsp3) is 0.522. The van der Waals surface area contributed by atoms with Crippen molar-refractivity contribution < 1.29 is 18.7 Å². The number of nitrogens with zero attached hydrogens (tertiary/aromatic N) is 2. The molecule has 3 rings (SSSR count). The zero-order chi connectivity index (χ0) is 23.7. The number of benzene rings is 1. The topological polar surface area (TPSA) is 93.5 Å². The number of aliphatic hydroxyl groups is 1. The number of aliphatic hydroxyl groups excluding tert-OH is 1. The number of hydrogen-bond acceptors (Lipinski definition) is 5. The third-order valence-corrected chi connectivity index (χ3v) is 11.2. The van der Waals surface area contributed by atoms with Crippen LogP contribution in [0.4, 0.5) is 10.2 Å². The normalized spacial score (nSPS) is 23.8. The van der Waals surface area contributed by atoms with Crippen LogP contribution in [-0.2, 0) is 4.43 Å². The van der Waals surface area contributed by atoms with Gasteiger partial charge in [-0.1, -0.05) is 39.0 Å². The predicted octanol–water partition coefficient (Wildman–Crippen LogP) is 3.78. The first-order valence-electron chi connectivity index (χ1n) is 10.8. The van der Waals surface area contributed by atoms with Crippen LogP contribution in [0.5, 0.6) is 0 Å². The smallest absolute Gasteiger partial charge is 0.349 e. The summed E-state index contributed by atoms with van der Waals surface area (Å²) in [6.45, 7) is 10.8. The highest BCUT2D eigenvalue weighted by Gasteiger charge is 2.46. The van der Waals surface area contributed by atoms with Crippen LogP contribution < -0.4 is 11.0 Å². The van der Waals surface area contributed by atoms with Crippen molar-refractivity contribution >= 4 is 20.0 Å². The van der Waals surface area contributed by atoms with Gasteiger partial charge in [0.2, 0.25) is 0 Å². The Balaban J connectivity index is 1.70. The average molecular weight is 462 g/mol. The molecule has 1 fully saturated rings. The Labute approximate surface area is 188 Å². The molecule has 0 saturated heterocycles. The number of carbonyl (C=O) groups excluding carboxylic acids is 1. The van der Waals surface area contributed by atoms with Gasteiger partial charge in [-0.3, -0.25) is 9.36 Å². The van der Waals surface area contributed by atoms with Crippen molar-refractivity contribution in [1.29, 1.82) is 0 Å². The molecule has 1 saturated carbocycles. The highest BCUT2D eigenvalue weighted by Crippen LogP contribution is 2.40. The molecule has 4 atom stereocenters. The molecular formula is C23H32FN3O4Si. The van der Waals surface area contributed by atoms with Crippen LogP contribution in [0.25, 0.3) is 0 Å². The maximum atomic E-state index is 14.9. The van der Waals surface area contributed by atoms with E-state index in [-0.39, 0.29) is 23.9 Å². The second-order valence-electron chi connectivity index (χ2n) is 9.89. The Morgan fingerprint density at radius 2 is 1.94 bits per heavy atom. The first-order valence-corrected chi connectivity index (χ1v) is 13.7. The van der Waals surface area contributed by atoms with E-state index in [0.29, 0.717) is 5.56 Å². The average Bonchev–Trinajstić information content (AvgIpc) is 3.00. The van der Waals surface area contributed by atoms with Crippen LogP contribution >= 0.6 is 0 Å². The Bertz CT molecular complexity index is 1010. The molecule has 1 aromatic heterocycles. The minimum Gasteiger partial charge on any atom is -0.416 e. The van der Waals surface area contributed by atoms with E-state index < -0.39 is 44.1 Å². The van der Waals surface area contributed by atoms with Crippen molar-refractivity contribution in [1.82, 2.24) is 9.55 Å². The van der Waals surface area contributed by atoms with E-state index in [1.54, 1.807) is 30.3 Å². The predicted molar refractivity (Wildman–Crippen MR) is 124 cm³/mol. The molecule has 32 heavy (non-hydrogen) atoms. The standard InChI is InChI=1S/C23H32FN3O4Si/c1-23(2,3)32(4,5)31-14-16-13-17(19(24)20(16)28)27-12-11-18(26-22(27)30)25-21(29)15-9-7-6-8-10-15/h6-12,16-17,19-20,28H,13-14H2,1-5H3,(H,25,26,29,30)/t16-,17-,19-,20?/m1/s1. The molecule has 0 aliphatic heterocycles. The van der Waals surface area contributed by atoms with Gasteiger partial charge in [-0.25, -0.2) is 9.18 Å². The summed E-state index contributed by atoms with van der Waals surface area (Å²) >= 11 is 0. The first kappa shape index (κ1) is 24.3. The number of hydrogen-bond donors (Lipinski definition) is 2. The summed E-state index contributed by atoms with van der Waals surface area (Å²) in [5, 5.41) is 13.0. The van der Waals surface area contributed by atoms with Gasteiger partial charge in [0, 0.05) is 24.3 Å². The van der Waals surface area contributed by atoms with E-state index in [0.717, 1.165) is 0 Å². The molecule has 0 spiro atoms. The van der Waals surface area contributed by atoms with Crippen LogP contribution in [0, 0.1) is 5.92 Å². The summed E-state index contributed by atoms with van der Waals surface area (Å²) in [7, 11) is -2.04. The minimum atomic E-state index is -2.04. The molecule has 1 unspecified atom stereocenters. The van der Waals surface area contributed by atoms with Crippen molar-refractivity contribution in [3.8, 4) is 0 Å². The lowest BCUT2D eigenvalue weighted by Crippen LogP contribution is -2.42. The quantitative estimate of drug-likeness (QED) is 0.639. The van der Waals surface area contributed by atoms with Crippen molar-refractivity contribution in [3.05, 3.63) is 58.6 Å². The third kappa shape index (κ3) is 5.16. The van der Waals surface area contributed by atoms with Gasteiger partial charge in [-0.2, -0.15) is 4.98 Å². The summed E-state index contributed by atoms with van der Waals surface area (Å²) in [6.07, 6.45) is -1.13. The second kappa shape index (κ2) is 9.25. The zero-order valence-corrected chi connectivity index (χ0v) is 20.2. The molecule has 7 nitrogen and oxygen atoms in total. The van der Waals surface area contributed by atoms with E-state index >= 15 is 0 Å². The van der Waals surface area contributed by atoms with Crippen molar-refractivity contribution in [2.24, 2.45) is 5.92 Å². The number of carbonyl (C=O) groups is 1. The Kier molecular flexibility index (Phi) is 7.02. The van der Waals surface area contributed by atoms with Crippen LogP contribution in [0.2, 0.25) is 18.1 Å². The van der Waals surface area contributed by atoms with E-state index in [1.165, 1.54) is 16.8 Å². The molecule has 1 amide bonds. The van der Waals surface area contributed by atoms with Gasteiger partial charge >= 0.3 is 5.69 Å². The van der Waals surface area contributed by atoms with E-state index in [9.17, 15) is 19.1 Å². The van der Waals surface area contributed by atoms with Gasteiger partial charge in [-0.15, -0.1) is 0 Å². The third-order valence-electron chi connectivity index (χ3n) is 6.65. The molecule has 1 aromatic carbocycles. The van der Waals surface area contributed by atoms with Crippen molar-refractivity contribution in [3.63, 3.8) is 0 Å². The molecule has 2 N–H and O–H groups in total. The van der Waals surface area contributed by atoms with Crippen LogP contribution in [0.1, 0.15) is 43.6 Å². The number of halogens is 1. The molecule has 1 heterocycles. The lowest BCUT2D eigenvalue weighted by Gasteiger charge is -2.37. The van der Waals surface area contributed by atoms with Crippen LogP contribution in [-0.4, -0.2) is 47.8 Å². The summed E-state index contributed by atoms with van der Waals surface area (Å²) in [5.74, 6) is -0.710. The molecule has 9 heteroatoms. The SMILES string of the molecule is CC(C)(C)[Si](C)(C)OC[C@H]1C[C@@H](n2ccc(NC(=O)c3ccccc3)nc2=O)[C@@H](F)C1O. The van der Waals surface area contributed by atoms with Gasteiger partial charge in [0.05, 0.1) is 12.1 Å². The lowest BCUT2D eigenvalue weighted by molar-refractivity contribution is 0.0414. The molecule has 0 bridgehead atoms. The highest BCUT2D eigenvalue weighted by molar-refractivity contribution is 6.74. The monoisotopic (exact) mass is 461 g/mol. The van der Waals surface area contributed by atoms with E-state index in [1.807, 2.05) is 0 Å². The van der Waals surface area contributed by atoms with E-state index in [4.69, 9.17) is 4.43 Å². The van der Waals surface area contributed by atoms with Crippen LogP contribution in [0.3, 0.4) is 0 Å². The van der Waals surface area contributed by atoms with Gasteiger partial charge in [0.1, 0.15) is 12.0 Å². The van der Waals surface area contributed by atoms with Crippen molar-refractivity contribution in [2.75, 3.05) is 11.9 Å². The summed E-state index contributed by atoms with van der Waals surface area (Å²) in [4.78, 5) is 28.7. The summed E-state index contributed by atoms with van der Waals surface area (Å²) in [6, 6.07) is 9.19. The van der Waals surface area contributed by atoms with Crippen LogP contribution in [0.15, 0.2) is 47.4 Å². The Hall–Kier alpha value is -2.36. The Morgan fingerprint density at radius 1 is 1.28 bits per heavy atom. The molecule has 0 radical (unpaired) electrons. The summed E-state index contributed by atoms with van der Waals surface area (Å²) < 4.78 is 22.3. The fourth-order valence-corrected chi connectivity index (χ4v) is 4.61. The number of amides is 1. The highest BCUT2D eigenvalue weighted by atomic mass is 28.4. The van der Waals surface area contributed by atoms with Gasteiger partial charge in [0.25, 0.3) is 5.91 Å². The largest absolute Gasteiger partial charge is 0.416 e. The molecule has 1 aliphatic rings. The zero-order valence-electron chi connectivity index (χ0n) is 19.2. The summed E-state index contributed by atoms with van der Waals surface area (Å²) in [5.41, 5.74) is -0.243. The Morgan fingerprint density at radius 3 is 2.53 bits per heavy atom. The molecule has 1 aliphatic carbocycles. The van der Waals surface area contributed by atoms with Gasteiger partial charge < -0.3 is 14.8 Å². The van der Waals surface area contributed by atoms with Gasteiger partial charge in [0.15, 0.2) is 8.32 Å². The molecule has 174 valence electrons.